The summed E-state index contributed by atoms with van der Waals surface area (Å²) in [5, 5.41) is 19.1. The van der Waals surface area contributed by atoms with Crippen molar-refractivity contribution in [2.75, 3.05) is 0 Å². The van der Waals surface area contributed by atoms with Gasteiger partial charge in [-0.1, -0.05) is 12.5 Å². The van der Waals surface area contributed by atoms with Crippen molar-refractivity contribution in [2.24, 2.45) is 5.41 Å². The molecule has 1 unspecified atom stereocenters. The standard InChI is InChI=1S/C21H21FN2OS/c1-14-9-19-16(12-23-24(19)18-5-3-17(22)4-6-18)10-21(14,2)11-20(25)15-7-8-26-13-15/h3-9,12-13,20,25H,10-11H2,1-2H3/t20?,21-/m0/s1. The van der Waals surface area contributed by atoms with Gasteiger partial charge in [0.15, 0.2) is 0 Å². The highest BCUT2D eigenvalue weighted by Gasteiger charge is 2.35. The van der Waals surface area contributed by atoms with E-state index in [0.29, 0.717) is 6.42 Å². The summed E-state index contributed by atoms with van der Waals surface area (Å²) in [6.45, 7) is 4.32. The molecule has 4 rings (SSSR count). The zero-order valence-corrected chi connectivity index (χ0v) is 15.6. The predicted octanol–water partition coefficient (Wildman–Crippen LogP) is 5.16. The third-order valence-electron chi connectivity index (χ3n) is 5.42. The molecule has 2 heterocycles. The van der Waals surface area contributed by atoms with Gasteiger partial charge in [-0.3, -0.25) is 0 Å². The summed E-state index contributed by atoms with van der Waals surface area (Å²) in [4.78, 5) is 0. The Kier molecular flexibility index (Phi) is 4.29. The number of hydrogen-bond acceptors (Lipinski definition) is 3. The molecule has 0 spiro atoms. The molecule has 1 aliphatic carbocycles. The maximum absolute atomic E-state index is 13.2. The minimum atomic E-state index is -0.469. The molecule has 2 aromatic heterocycles. The third-order valence-corrected chi connectivity index (χ3v) is 6.12. The lowest BCUT2D eigenvalue weighted by Crippen LogP contribution is -2.27. The van der Waals surface area contributed by atoms with Crippen LogP contribution in [0.5, 0.6) is 0 Å². The number of fused-ring (bicyclic) bond motifs is 1. The van der Waals surface area contributed by atoms with Gasteiger partial charge in [0.2, 0.25) is 0 Å². The van der Waals surface area contributed by atoms with Crippen LogP contribution in [0.4, 0.5) is 4.39 Å². The molecule has 0 saturated carbocycles. The molecule has 3 nitrogen and oxygen atoms in total. The van der Waals surface area contributed by atoms with E-state index in [-0.39, 0.29) is 11.2 Å². The highest BCUT2D eigenvalue weighted by molar-refractivity contribution is 7.07. The van der Waals surface area contributed by atoms with E-state index in [1.165, 1.54) is 17.7 Å². The summed E-state index contributed by atoms with van der Waals surface area (Å²) in [6.07, 6.45) is 5.07. The number of allylic oxidation sites excluding steroid dienone is 1. The Labute approximate surface area is 156 Å². The number of rotatable bonds is 4. The first kappa shape index (κ1) is 17.2. The van der Waals surface area contributed by atoms with Crippen LogP contribution in [0.1, 0.15) is 43.2 Å². The molecule has 1 aliphatic rings. The minimum Gasteiger partial charge on any atom is -0.388 e. The van der Waals surface area contributed by atoms with E-state index >= 15 is 0 Å². The molecule has 0 fully saturated rings. The summed E-state index contributed by atoms with van der Waals surface area (Å²) < 4.78 is 15.1. The van der Waals surface area contributed by atoms with Crippen LogP contribution in [0.2, 0.25) is 0 Å². The lowest BCUT2D eigenvalue weighted by Gasteiger charge is -2.35. The van der Waals surface area contributed by atoms with E-state index in [9.17, 15) is 9.50 Å². The molecular weight excluding hydrogens is 347 g/mol. The molecule has 26 heavy (non-hydrogen) atoms. The second-order valence-electron chi connectivity index (χ2n) is 7.28. The van der Waals surface area contributed by atoms with Gasteiger partial charge in [0.25, 0.3) is 0 Å². The molecule has 3 aromatic rings. The Bertz CT molecular complexity index is 943. The average Bonchev–Trinajstić information content (AvgIpc) is 3.26. The summed E-state index contributed by atoms with van der Waals surface area (Å²) in [5.41, 5.74) is 5.13. The fourth-order valence-corrected chi connectivity index (χ4v) is 4.36. The molecule has 1 N–H and O–H groups in total. The van der Waals surface area contributed by atoms with Crippen molar-refractivity contribution in [2.45, 2.75) is 32.8 Å². The first-order valence-corrected chi connectivity index (χ1v) is 9.62. The Balaban J connectivity index is 1.64. The predicted molar refractivity (Wildman–Crippen MR) is 103 cm³/mol. The number of halogens is 1. The van der Waals surface area contributed by atoms with Gasteiger partial charge in [-0.25, -0.2) is 9.07 Å². The van der Waals surface area contributed by atoms with Crippen LogP contribution in [0, 0.1) is 11.2 Å². The summed E-state index contributed by atoms with van der Waals surface area (Å²) in [6, 6.07) is 8.35. The number of thiophene rings is 1. The smallest absolute Gasteiger partial charge is 0.123 e. The molecule has 1 aromatic carbocycles. The van der Waals surface area contributed by atoms with Crippen molar-refractivity contribution in [1.29, 1.82) is 0 Å². The Morgan fingerprint density at radius 1 is 1.31 bits per heavy atom. The number of hydrogen-bond donors (Lipinski definition) is 1. The van der Waals surface area contributed by atoms with Gasteiger partial charge >= 0.3 is 0 Å². The van der Waals surface area contributed by atoms with Gasteiger partial charge in [-0.2, -0.15) is 16.4 Å². The minimum absolute atomic E-state index is 0.120. The van der Waals surface area contributed by atoms with E-state index in [2.05, 4.69) is 25.0 Å². The van der Waals surface area contributed by atoms with Crippen LogP contribution >= 0.6 is 11.3 Å². The molecule has 0 saturated heterocycles. The maximum atomic E-state index is 13.2. The van der Waals surface area contributed by atoms with Crippen LogP contribution in [-0.2, 0) is 6.42 Å². The number of nitrogens with zero attached hydrogens (tertiary/aromatic N) is 2. The first-order valence-electron chi connectivity index (χ1n) is 8.68. The van der Waals surface area contributed by atoms with Crippen molar-refractivity contribution in [1.82, 2.24) is 9.78 Å². The lowest BCUT2D eigenvalue weighted by atomic mass is 9.70. The zero-order valence-electron chi connectivity index (χ0n) is 14.8. The Morgan fingerprint density at radius 3 is 2.77 bits per heavy atom. The molecule has 0 bridgehead atoms. The van der Waals surface area contributed by atoms with Crippen LogP contribution in [0.15, 0.2) is 52.9 Å². The van der Waals surface area contributed by atoms with Gasteiger partial charge in [-0.05, 0) is 83.5 Å². The molecule has 0 aliphatic heterocycles. The average molecular weight is 368 g/mol. The van der Waals surface area contributed by atoms with Crippen molar-refractivity contribution in [3.63, 3.8) is 0 Å². The lowest BCUT2D eigenvalue weighted by molar-refractivity contribution is 0.121. The number of aliphatic hydroxyl groups excluding tert-OH is 1. The molecule has 0 amide bonds. The van der Waals surface area contributed by atoms with Crippen molar-refractivity contribution in [3.05, 3.63) is 75.5 Å². The Hall–Kier alpha value is -2.24. The van der Waals surface area contributed by atoms with Gasteiger partial charge in [0, 0.05) is 0 Å². The largest absolute Gasteiger partial charge is 0.388 e. The molecule has 5 heteroatoms. The highest BCUT2D eigenvalue weighted by Crippen LogP contribution is 2.44. The molecular formula is C21H21FN2OS. The summed E-state index contributed by atoms with van der Waals surface area (Å²) in [7, 11) is 0. The second-order valence-corrected chi connectivity index (χ2v) is 8.06. The number of aliphatic hydroxyl groups is 1. The Morgan fingerprint density at radius 2 is 2.08 bits per heavy atom. The maximum Gasteiger partial charge on any atom is 0.123 e. The number of aromatic nitrogens is 2. The summed E-state index contributed by atoms with van der Waals surface area (Å²) in [5.74, 6) is -0.253. The monoisotopic (exact) mass is 368 g/mol. The molecule has 134 valence electrons. The highest BCUT2D eigenvalue weighted by atomic mass is 32.1. The second kappa shape index (κ2) is 6.49. The first-order chi connectivity index (χ1) is 12.5. The van der Waals surface area contributed by atoms with Crippen LogP contribution in [0.3, 0.4) is 0 Å². The number of benzene rings is 1. The van der Waals surface area contributed by atoms with Gasteiger partial charge in [-0.15, -0.1) is 0 Å². The van der Waals surface area contributed by atoms with E-state index < -0.39 is 6.10 Å². The topological polar surface area (TPSA) is 38.0 Å². The van der Waals surface area contributed by atoms with E-state index in [1.54, 1.807) is 23.5 Å². The van der Waals surface area contributed by atoms with Gasteiger partial charge in [0.05, 0.1) is 23.7 Å². The molecule has 2 atom stereocenters. The quantitative estimate of drug-likeness (QED) is 0.690. The van der Waals surface area contributed by atoms with E-state index in [0.717, 1.165) is 28.9 Å². The van der Waals surface area contributed by atoms with Crippen molar-refractivity contribution < 1.29 is 9.50 Å². The van der Waals surface area contributed by atoms with E-state index in [1.807, 2.05) is 27.7 Å². The van der Waals surface area contributed by atoms with Gasteiger partial charge < -0.3 is 5.11 Å². The SMILES string of the molecule is CC1=Cc2c(cnn2-c2ccc(F)cc2)C[C@@]1(C)CC(O)c1ccsc1. The van der Waals surface area contributed by atoms with Crippen molar-refractivity contribution >= 4 is 17.4 Å². The van der Waals surface area contributed by atoms with E-state index in [4.69, 9.17) is 0 Å². The fraction of sp³-hybridized carbons (Fsp3) is 0.286. The van der Waals surface area contributed by atoms with Crippen LogP contribution < -0.4 is 0 Å². The van der Waals surface area contributed by atoms with Crippen LogP contribution in [-0.4, -0.2) is 14.9 Å². The van der Waals surface area contributed by atoms with Gasteiger partial charge in [0.1, 0.15) is 5.82 Å². The zero-order chi connectivity index (χ0) is 18.3. The normalized spacial score (nSPS) is 20.5. The van der Waals surface area contributed by atoms with Crippen LogP contribution in [0.25, 0.3) is 11.8 Å². The molecule has 0 radical (unpaired) electrons. The fourth-order valence-electron chi connectivity index (χ4n) is 3.65. The summed E-state index contributed by atoms with van der Waals surface area (Å²) >= 11 is 1.61. The third kappa shape index (κ3) is 3.02. The van der Waals surface area contributed by atoms with Crippen molar-refractivity contribution in [3.8, 4) is 5.69 Å².